The summed E-state index contributed by atoms with van der Waals surface area (Å²) in [5.74, 6) is 1.83. The van der Waals surface area contributed by atoms with Crippen LogP contribution in [0.25, 0.3) is 100 Å². The van der Waals surface area contributed by atoms with Crippen LogP contribution in [0.2, 0.25) is 0 Å². The van der Waals surface area contributed by atoms with E-state index in [1.807, 2.05) is 42.5 Å². The van der Waals surface area contributed by atoms with E-state index in [9.17, 15) is 0 Å². The Balaban J connectivity index is 1.12. The topological polar surface area (TPSA) is 51.8 Å². The minimum Gasteiger partial charge on any atom is -0.456 e. The maximum Gasteiger partial charge on any atom is 0.164 e. The quantitative estimate of drug-likeness (QED) is 0.174. The van der Waals surface area contributed by atoms with E-state index in [4.69, 9.17) is 19.4 Å². The molecule has 0 spiro atoms. The summed E-state index contributed by atoms with van der Waals surface area (Å²) in [4.78, 5) is 15.3. The van der Waals surface area contributed by atoms with Crippen molar-refractivity contribution in [2.75, 3.05) is 0 Å². The molecule has 0 aliphatic carbocycles. The Morgan fingerprint density at radius 3 is 1.70 bits per heavy atom. The Kier molecular flexibility index (Phi) is 7.66. The van der Waals surface area contributed by atoms with Crippen LogP contribution in [-0.2, 0) is 0 Å². The molecule has 54 heavy (non-hydrogen) atoms. The number of benzene rings is 8. The standard InChI is InChI=1S/C50H33N3O/c1-32-13-10-19-36(29-32)39-27-28-43(42-22-9-8-21-41(39)42)50-52-48(34-16-6-3-7-17-34)51-49(53-50)38-25-26-44-46(31-38)54-45-24-12-23-40(47(44)45)37-20-11-18-35(30-37)33-14-4-2-5-15-33/h2-31H,1H3. The minimum absolute atomic E-state index is 0.587. The Labute approximate surface area is 313 Å². The van der Waals surface area contributed by atoms with Gasteiger partial charge in [-0.15, -0.1) is 0 Å². The maximum absolute atomic E-state index is 6.57. The number of rotatable bonds is 6. The number of aromatic nitrogens is 3. The second-order valence-electron chi connectivity index (χ2n) is 13.7. The molecule has 8 aromatic carbocycles. The number of hydrogen-bond acceptors (Lipinski definition) is 4. The average molecular weight is 692 g/mol. The lowest BCUT2D eigenvalue weighted by atomic mass is 9.94. The fraction of sp³-hybridized carbons (Fsp3) is 0.0200. The zero-order chi connectivity index (χ0) is 36.0. The lowest BCUT2D eigenvalue weighted by Gasteiger charge is -2.13. The summed E-state index contributed by atoms with van der Waals surface area (Å²) in [6.07, 6.45) is 0. The van der Waals surface area contributed by atoms with Gasteiger partial charge in [0.25, 0.3) is 0 Å². The first-order valence-electron chi connectivity index (χ1n) is 18.2. The summed E-state index contributed by atoms with van der Waals surface area (Å²) in [5, 5.41) is 4.37. The number of furan rings is 1. The fourth-order valence-corrected chi connectivity index (χ4v) is 7.60. The molecule has 0 bridgehead atoms. The highest BCUT2D eigenvalue weighted by Gasteiger charge is 2.18. The van der Waals surface area contributed by atoms with Gasteiger partial charge in [-0.25, -0.2) is 15.0 Å². The lowest BCUT2D eigenvalue weighted by molar-refractivity contribution is 0.669. The van der Waals surface area contributed by atoms with Crippen molar-refractivity contribution in [1.82, 2.24) is 15.0 Å². The summed E-state index contributed by atoms with van der Waals surface area (Å²) in [5.41, 5.74) is 12.6. The number of aryl methyl sites for hydroxylation is 1. The molecule has 0 N–H and O–H groups in total. The van der Waals surface area contributed by atoms with Gasteiger partial charge in [0, 0.05) is 27.5 Å². The van der Waals surface area contributed by atoms with Crippen molar-refractivity contribution in [1.29, 1.82) is 0 Å². The maximum atomic E-state index is 6.57. The Morgan fingerprint density at radius 2 is 0.926 bits per heavy atom. The van der Waals surface area contributed by atoms with Crippen LogP contribution < -0.4 is 0 Å². The average Bonchev–Trinajstić information content (AvgIpc) is 3.62. The van der Waals surface area contributed by atoms with Crippen molar-refractivity contribution in [3.8, 4) is 67.5 Å². The highest BCUT2D eigenvalue weighted by atomic mass is 16.3. The van der Waals surface area contributed by atoms with Gasteiger partial charge in [0.15, 0.2) is 17.5 Å². The van der Waals surface area contributed by atoms with E-state index in [0.29, 0.717) is 17.5 Å². The molecule has 254 valence electrons. The van der Waals surface area contributed by atoms with Crippen molar-refractivity contribution in [3.05, 3.63) is 188 Å². The van der Waals surface area contributed by atoms with Crippen molar-refractivity contribution in [2.24, 2.45) is 0 Å². The van der Waals surface area contributed by atoms with Crippen molar-refractivity contribution in [3.63, 3.8) is 0 Å². The molecule has 2 aromatic heterocycles. The SMILES string of the molecule is Cc1cccc(-c2ccc(-c3nc(-c4ccccc4)nc(-c4ccc5c(c4)oc4cccc(-c6cccc(-c7ccccc7)c6)c45)n3)c3ccccc23)c1. The van der Waals surface area contributed by atoms with Crippen LogP contribution in [0.3, 0.4) is 0 Å². The monoisotopic (exact) mass is 691 g/mol. The first-order chi connectivity index (χ1) is 26.7. The van der Waals surface area contributed by atoms with Gasteiger partial charge in [-0.3, -0.25) is 0 Å². The Bertz CT molecular complexity index is 3000. The second-order valence-corrected chi connectivity index (χ2v) is 13.7. The molecule has 4 heteroatoms. The normalized spacial score (nSPS) is 11.4. The van der Waals surface area contributed by atoms with Crippen LogP contribution in [0, 0.1) is 6.92 Å². The molecule has 0 saturated carbocycles. The van der Waals surface area contributed by atoms with Crippen LogP contribution in [0.4, 0.5) is 0 Å². The van der Waals surface area contributed by atoms with E-state index in [0.717, 1.165) is 60.5 Å². The molecular formula is C50H33N3O. The van der Waals surface area contributed by atoms with Gasteiger partial charge < -0.3 is 4.42 Å². The third kappa shape index (κ3) is 5.62. The van der Waals surface area contributed by atoms with Gasteiger partial charge in [-0.2, -0.15) is 0 Å². The van der Waals surface area contributed by atoms with Gasteiger partial charge in [0.05, 0.1) is 0 Å². The third-order valence-electron chi connectivity index (χ3n) is 10.2. The van der Waals surface area contributed by atoms with Crippen LogP contribution in [-0.4, -0.2) is 15.0 Å². The Hall–Kier alpha value is -7.17. The summed E-state index contributed by atoms with van der Waals surface area (Å²) in [7, 11) is 0. The van der Waals surface area contributed by atoms with Crippen molar-refractivity contribution in [2.45, 2.75) is 6.92 Å². The van der Waals surface area contributed by atoms with E-state index in [1.165, 1.54) is 27.8 Å². The molecule has 0 aliphatic rings. The Morgan fingerprint density at radius 1 is 0.333 bits per heavy atom. The van der Waals surface area contributed by atoms with Crippen LogP contribution in [0.5, 0.6) is 0 Å². The molecule has 0 unspecified atom stereocenters. The molecule has 0 aliphatic heterocycles. The highest BCUT2D eigenvalue weighted by Crippen LogP contribution is 2.40. The summed E-state index contributed by atoms with van der Waals surface area (Å²) in [6, 6.07) is 63.4. The minimum atomic E-state index is 0.587. The van der Waals surface area contributed by atoms with E-state index in [1.54, 1.807) is 0 Å². The number of fused-ring (bicyclic) bond motifs is 4. The van der Waals surface area contributed by atoms with E-state index < -0.39 is 0 Å². The van der Waals surface area contributed by atoms with Gasteiger partial charge in [0.1, 0.15) is 11.2 Å². The summed E-state index contributed by atoms with van der Waals surface area (Å²) >= 11 is 0. The molecule has 0 radical (unpaired) electrons. The smallest absolute Gasteiger partial charge is 0.164 e. The predicted octanol–water partition coefficient (Wildman–Crippen LogP) is 13.2. The fourth-order valence-electron chi connectivity index (χ4n) is 7.60. The van der Waals surface area contributed by atoms with Crippen LogP contribution in [0.15, 0.2) is 186 Å². The van der Waals surface area contributed by atoms with Gasteiger partial charge in [-0.1, -0.05) is 157 Å². The van der Waals surface area contributed by atoms with Crippen molar-refractivity contribution >= 4 is 32.7 Å². The third-order valence-corrected chi connectivity index (χ3v) is 10.2. The number of hydrogen-bond donors (Lipinski definition) is 0. The first-order valence-corrected chi connectivity index (χ1v) is 18.2. The summed E-state index contributed by atoms with van der Waals surface area (Å²) < 4.78 is 6.57. The zero-order valence-corrected chi connectivity index (χ0v) is 29.6. The molecule has 0 saturated heterocycles. The molecule has 0 atom stereocenters. The van der Waals surface area contributed by atoms with Crippen LogP contribution in [0.1, 0.15) is 5.56 Å². The predicted molar refractivity (Wildman–Crippen MR) is 222 cm³/mol. The first kappa shape index (κ1) is 31.6. The van der Waals surface area contributed by atoms with E-state index >= 15 is 0 Å². The number of nitrogens with zero attached hydrogens (tertiary/aromatic N) is 3. The van der Waals surface area contributed by atoms with Gasteiger partial charge in [-0.05, 0) is 81.4 Å². The second kappa shape index (κ2) is 13.1. The lowest BCUT2D eigenvalue weighted by Crippen LogP contribution is -2.00. The largest absolute Gasteiger partial charge is 0.456 e. The molecule has 10 aromatic rings. The molecule has 0 amide bonds. The molecular weight excluding hydrogens is 659 g/mol. The van der Waals surface area contributed by atoms with Gasteiger partial charge in [0.2, 0.25) is 0 Å². The van der Waals surface area contributed by atoms with Crippen molar-refractivity contribution < 1.29 is 4.42 Å². The van der Waals surface area contributed by atoms with E-state index in [2.05, 4.69) is 146 Å². The highest BCUT2D eigenvalue weighted by molar-refractivity contribution is 6.13. The zero-order valence-electron chi connectivity index (χ0n) is 29.6. The van der Waals surface area contributed by atoms with Gasteiger partial charge >= 0.3 is 0 Å². The molecule has 0 fully saturated rings. The summed E-state index contributed by atoms with van der Waals surface area (Å²) in [6.45, 7) is 2.13. The molecule has 2 heterocycles. The molecule has 10 rings (SSSR count). The van der Waals surface area contributed by atoms with E-state index in [-0.39, 0.29) is 0 Å². The van der Waals surface area contributed by atoms with Crippen LogP contribution >= 0.6 is 0 Å². The molecule has 4 nitrogen and oxygen atoms in total.